The predicted molar refractivity (Wildman–Crippen MR) is 70.1 cm³/mol. The highest BCUT2D eigenvalue weighted by Gasteiger charge is 2.01. The van der Waals surface area contributed by atoms with Gasteiger partial charge in [-0.05, 0) is 42.8 Å². The molecule has 1 heterocycles. The van der Waals surface area contributed by atoms with E-state index < -0.39 is 0 Å². The Hall–Kier alpha value is -1.68. The lowest BCUT2D eigenvalue weighted by Gasteiger charge is -2.05. The minimum absolute atomic E-state index is 0.232. The van der Waals surface area contributed by atoms with Gasteiger partial charge in [0, 0.05) is 12.7 Å². The summed E-state index contributed by atoms with van der Waals surface area (Å²) in [6, 6.07) is 8.28. The minimum Gasteiger partial charge on any atom is -0.311 e. The van der Waals surface area contributed by atoms with Crippen molar-refractivity contribution in [2.75, 3.05) is 6.54 Å². The second-order valence-corrected chi connectivity index (χ2v) is 4.75. The van der Waals surface area contributed by atoms with Crippen molar-refractivity contribution >= 4 is 0 Å². The van der Waals surface area contributed by atoms with Crippen molar-refractivity contribution in [3.63, 3.8) is 0 Å². The average molecular weight is 247 g/mol. The molecule has 1 aromatic heterocycles. The lowest BCUT2D eigenvalue weighted by Crippen LogP contribution is -2.19. The maximum absolute atomic E-state index is 12.8. The second kappa shape index (κ2) is 5.78. The first-order chi connectivity index (χ1) is 8.65. The number of aromatic nitrogens is 2. The number of benzene rings is 1. The summed E-state index contributed by atoms with van der Waals surface area (Å²) in [5, 5.41) is 7.78. The molecule has 0 aliphatic carbocycles. The van der Waals surface area contributed by atoms with E-state index in [9.17, 15) is 4.39 Å². The van der Waals surface area contributed by atoms with Crippen molar-refractivity contribution < 1.29 is 4.39 Å². The topological polar surface area (TPSA) is 29.9 Å². The summed E-state index contributed by atoms with van der Waals surface area (Å²) in [4.78, 5) is 0. The van der Waals surface area contributed by atoms with Crippen molar-refractivity contribution in [1.82, 2.24) is 15.1 Å². The van der Waals surface area contributed by atoms with Gasteiger partial charge in [0.2, 0.25) is 0 Å². The van der Waals surface area contributed by atoms with Crippen LogP contribution in [0.3, 0.4) is 0 Å². The van der Waals surface area contributed by atoms with Gasteiger partial charge in [-0.1, -0.05) is 13.8 Å². The number of hydrogen-bond donors (Lipinski definition) is 1. The third kappa shape index (κ3) is 3.40. The van der Waals surface area contributed by atoms with Gasteiger partial charge in [0.1, 0.15) is 5.82 Å². The van der Waals surface area contributed by atoms with Crippen molar-refractivity contribution in [3.05, 3.63) is 48.0 Å². The van der Waals surface area contributed by atoms with E-state index >= 15 is 0 Å². The molecule has 0 spiro atoms. The summed E-state index contributed by atoms with van der Waals surface area (Å²) in [6.45, 7) is 6.07. The third-order valence-electron chi connectivity index (χ3n) is 2.59. The molecule has 2 rings (SSSR count). The summed E-state index contributed by atoms with van der Waals surface area (Å²) in [6.07, 6.45) is 1.89. The molecular formula is C14H18FN3. The molecule has 4 heteroatoms. The maximum atomic E-state index is 12.8. The van der Waals surface area contributed by atoms with Gasteiger partial charge in [-0.2, -0.15) is 5.10 Å². The number of hydrogen-bond acceptors (Lipinski definition) is 2. The van der Waals surface area contributed by atoms with Crippen LogP contribution in [0.4, 0.5) is 4.39 Å². The normalized spacial score (nSPS) is 11.1. The lowest BCUT2D eigenvalue weighted by atomic mass is 10.2. The molecule has 0 unspecified atom stereocenters. The Morgan fingerprint density at radius 2 is 1.94 bits per heavy atom. The van der Waals surface area contributed by atoms with Gasteiger partial charge in [0.05, 0.1) is 11.4 Å². The monoisotopic (exact) mass is 247 g/mol. The summed E-state index contributed by atoms with van der Waals surface area (Å²) in [5.74, 6) is 0.397. The van der Waals surface area contributed by atoms with E-state index in [1.165, 1.54) is 12.1 Å². The van der Waals surface area contributed by atoms with Crippen LogP contribution in [0.25, 0.3) is 5.69 Å². The zero-order valence-corrected chi connectivity index (χ0v) is 10.7. The quantitative estimate of drug-likeness (QED) is 0.880. The Morgan fingerprint density at radius 1 is 1.22 bits per heavy atom. The van der Waals surface area contributed by atoms with Crippen LogP contribution in [0.5, 0.6) is 0 Å². The lowest BCUT2D eigenvalue weighted by molar-refractivity contribution is 0.546. The highest BCUT2D eigenvalue weighted by atomic mass is 19.1. The standard InChI is InChI=1S/C14H18FN3/c1-11(2)9-16-10-13-7-8-18(17-13)14-5-3-12(15)4-6-14/h3-8,11,16H,9-10H2,1-2H3. The number of rotatable bonds is 5. The molecule has 0 aliphatic rings. The summed E-state index contributed by atoms with van der Waals surface area (Å²) >= 11 is 0. The molecule has 0 aliphatic heterocycles. The maximum Gasteiger partial charge on any atom is 0.123 e. The Balaban J connectivity index is 1.99. The first-order valence-corrected chi connectivity index (χ1v) is 6.16. The van der Waals surface area contributed by atoms with Crippen LogP contribution in [-0.2, 0) is 6.54 Å². The third-order valence-corrected chi connectivity index (χ3v) is 2.59. The van der Waals surface area contributed by atoms with Crippen LogP contribution in [-0.4, -0.2) is 16.3 Å². The van der Waals surface area contributed by atoms with Crippen LogP contribution in [0, 0.1) is 11.7 Å². The summed E-state index contributed by atoms with van der Waals surface area (Å²) in [5.41, 5.74) is 1.85. The number of halogens is 1. The van der Waals surface area contributed by atoms with Crippen LogP contribution in [0.1, 0.15) is 19.5 Å². The van der Waals surface area contributed by atoms with E-state index in [1.807, 2.05) is 12.3 Å². The van der Waals surface area contributed by atoms with Crippen LogP contribution < -0.4 is 5.32 Å². The molecule has 1 N–H and O–H groups in total. The molecule has 0 saturated heterocycles. The molecule has 1 aromatic carbocycles. The fourth-order valence-corrected chi connectivity index (χ4v) is 1.68. The molecule has 0 fully saturated rings. The van der Waals surface area contributed by atoms with Gasteiger partial charge in [-0.25, -0.2) is 9.07 Å². The SMILES string of the molecule is CC(C)CNCc1ccn(-c2ccc(F)cc2)n1. The molecular weight excluding hydrogens is 229 g/mol. The molecule has 0 radical (unpaired) electrons. The summed E-state index contributed by atoms with van der Waals surface area (Å²) in [7, 11) is 0. The second-order valence-electron chi connectivity index (χ2n) is 4.75. The van der Waals surface area contributed by atoms with Gasteiger partial charge in [0.15, 0.2) is 0 Å². The van der Waals surface area contributed by atoms with E-state index in [-0.39, 0.29) is 5.82 Å². The predicted octanol–water partition coefficient (Wildman–Crippen LogP) is 2.76. The zero-order valence-electron chi connectivity index (χ0n) is 10.7. The van der Waals surface area contributed by atoms with Gasteiger partial charge in [-0.3, -0.25) is 0 Å². The molecule has 0 bridgehead atoms. The Morgan fingerprint density at radius 3 is 2.61 bits per heavy atom. The molecule has 0 amide bonds. The van der Waals surface area contributed by atoms with E-state index in [0.29, 0.717) is 5.92 Å². The first kappa shape index (κ1) is 12.8. The Labute approximate surface area is 107 Å². The number of nitrogens with one attached hydrogen (secondary N) is 1. The van der Waals surface area contributed by atoms with Crippen molar-refractivity contribution in [2.24, 2.45) is 5.92 Å². The minimum atomic E-state index is -0.232. The van der Waals surface area contributed by atoms with E-state index in [4.69, 9.17) is 0 Å². The molecule has 3 nitrogen and oxygen atoms in total. The molecule has 96 valence electrons. The van der Waals surface area contributed by atoms with E-state index in [0.717, 1.165) is 24.5 Å². The van der Waals surface area contributed by atoms with Gasteiger partial charge >= 0.3 is 0 Å². The molecule has 0 atom stereocenters. The Kier molecular flexibility index (Phi) is 4.10. The highest BCUT2D eigenvalue weighted by Crippen LogP contribution is 2.08. The zero-order chi connectivity index (χ0) is 13.0. The van der Waals surface area contributed by atoms with Crippen molar-refractivity contribution in [2.45, 2.75) is 20.4 Å². The summed E-state index contributed by atoms with van der Waals surface area (Å²) < 4.78 is 14.6. The number of nitrogens with zero attached hydrogens (tertiary/aromatic N) is 2. The van der Waals surface area contributed by atoms with Gasteiger partial charge in [0.25, 0.3) is 0 Å². The van der Waals surface area contributed by atoms with Crippen molar-refractivity contribution in [3.8, 4) is 5.69 Å². The fraction of sp³-hybridized carbons (Fsp3) is 0.357. The fourth-order valence-electron chi connectivity index (χ4n) is 1.68. The smallest absolute Gasteiger partial charge is 0.123 e. The van der Waals surface area contributed by atoms with Crippen LogP contribution in [0.15, 0.2) is 36.5 Å². The van der Waals surface area contributed by atoms with Crippen LogP contribution in [0.2, 0.25) is 0 Å². The Bertz CT molecular complexity index is 488. The van der Waals surface area contributed by atoms with E-state index in [2.05, 4.69) is 24.3 Å². The van der Waals surface area contributed by atoms with E-state index in [1.54, 1.807) is 16.8 Å². The van der Waals surface area contributed by atoms with Crippen LogP contribution >= 0.6 is 0 Å². The van der Waals surface area contributed by atoms with Gasteiger partial charge < -0.3 is 5.32 Å². The largest absolute Gasteiger partial charge is 0.311 e. The molecule has 0 saturated carbocycles. The first-order valence-electron chi connectivity index (χ1n) is 6.16. The average Bonchev–Trinajstić information content (AvgIpc) is 2.78. The molecule has 18 heavy (non-hydrogen) atoms. The van der Waals surface area contributed by atoms with Gasteiger partial charge in [-0.15, -0.1) is 0 Å². The van der Waals surface area contributed by atoms with Crippen molar-refractivity contribution in [1.29, 1.82) is 0 Å². The highest BCUT2D eigenvalue weighted by molar-refractivity contribution is 5.31. The molecule has 2 aromatic rings.